The number of aliphatic hydroxyl groups excluding tert-OH is 1. The van der Waals surface area contributed by atoms with Crippen LogP contribution in [0.3, 0.4) is 0 Å². The molecule has 6 heteroatoms. The minimum atomic E-state index is -1.20. The summed E-state index contributed by atoms with van der Waals surface area (Å²) in [5, 5.41) is 10.4. The number of aliphatic hydroxyl groups is 1. The molecule has 112 valence electrons. The second-order valence-corrected chi connectivity index (χ2v) is 5.06. The molecule has 0 amide bonds. The molecule has 21 heavy (non-hydrogen) atoms. The van der Waals surface area contributed by atoms with Crippen LogP contribution < -0.4 is 5.73 Å². The summed E-state index contributed by atoms with van der Waals surface area (Å²) in [5.74, 6) is -2.84. The number of rotatable bonds is 4. The highest BCUT2D eigenvalue weighted by Gasteiger charge is 2.24. The van der Waals surface area contributed by atoms with E-state index in [1.807, 2.05) is 0 Å². The van der Waals surface area contributed by atoms with Gasteiger partial charge in [-0.15, -0.1) is 0 Å². The Bertz CT molecular complexity index is 631. The molecule has 2 nitrogen and oxygen atoms in total. The second kappa shape index (κ2) is 6.47. The maximum absolute atomic E-state index is 13.3. The number of nitrogens with two attached hydrogens (primary N) is 1. The van der Waals surface area contributed by atoms with Crippen LogP contribution in [0.1, 0.15) is 23.1 Å². The molecule has 2 atom stereocenters. The molecule has 2 aromatic rings. The van der Waals surface area contributed by atoms with Crippen molar-refractivity contribution < 1.29 is 18.3 Å². The van der Waals surface area contributed by atoms with E-state index in [-0.39, 0.29) is 22.7 Å². The van der Waals surface area contributed by atoms with Gasteiger partial charge >= 0.3 is 0 Å². The zero-order valence-corrected chi connectivity index (χ0v) is 11.6. The molecule has 0 saturated carbocycles. The molecular weight excluding hydrogens is 303 g/mol. The van der Waals surface area contributed by atoms with Gasteiger partial charge in [0.1, 0.15) is 17.5 Å². The molecule has 0 bridgehead atoms. The van der Waals surface area contributed by atoms with Crippen LogP contribution in [-0.4, -0.2) is 11.7 Å². The van der Waals surface area contributed by atoms with E-state index in [0.29, 0.717) is 0 Å². The first kappa shape index (κ1) is 15.8. The van der Waals surface area contributed by atoms with Crippen molar-refractivity contribution in [3.63, 3.8) is 0 Å². The number of halogens is 4. The Morgan fingerprint density at radius 3 is 2.14 bits per heavy atom. The van der Waals surface area contributed by atoms with Gasteiger partial charge in [-0.05, 0) is 35.4 Å². The Labute approximate surface area is 125 Å². The maximum atomic E-state index is 13.3. The highest BCUT2D eigenvalue weighted by molar-refractivity contribution is 6.31. The third-order valence-corrected chi connectivity index (χ3v) is 3.56. The standard InChI is InChI=1S/C15H13ClF3NO/c16-14-6-9(17)1-2-12(14)15(21)13(7-20)8-3-10(18)5-11(19)4-8/h1-6,13,15,21H,7,20H2. The summed E-state index contributed by atoms with van der Waals surface area (Å²) in [6.45, 7) is -0.0578. The predicted molar refractivity (Wildman–Crippen MR) is 74.5 cm³/mol. The third kappa shape index (κ3) is 3.56. The van der Waals surface area contributed by atoms with E-state index in [9.17, 15) is 18.3 Å². The fourth-order valence-electron chi connectivity index (χ4n) is 2.19. The molecule has 2 aromatic carbocycles. The largest absolute Gasteiger partial charge is 0.388 e. The van der Waals surface area contributed by atoms with Crippen LogP contribution >= 0.6 is 11.6 Å². The van der Waals surface area contributed by atoms with Gasteiger partial charge in [-0.25, -0.2) is 13.2 Å². The Hall–Kier alpha value is -1.56. The zero-order valence-electron chi connectivity index (χ0n) is 10.9. The molecule has 0 fully saturated rings. The van der Waals surface area contributed by atoms with Crippen LogP contribution in [0.4, 0.5) is 13.2 Å². The van der Waals surface area contributed by atoms with Gasteiger partial charge in [0.05, 0.1) is 6.10 Å². The average molecular weight is 316 g/mol. The minimum Gasteiger partial charge on any atom is -0.388 e. The van der Waals surface area contributed by atoms with Gasteiger partial charge in [-0.2, -0.15) is 0 Å². The maximum Gasteiger partial charge on any atom is 0.126 e. The van der Waals surface area contributed by atoms with Crippen molar-refractivity contribution in [1.82, 2.24) is 0 Å². The second-order valence-electron chi connectivity index (χ2n) is 4.66. The summed E-state index contributed by atoms with van der Waals surface area (Å²) in [7, 11) is 0. The predicted octanol–water partition coefficient (Wildman–Crippen LogP) is 3.53. The molecule has 0 aliphatic heterocycles. The van der Waals surface area contributed by atoms with Gasteiger partial charge in [-0.3, -0.25) is 0 Å². The Morgan fingerprint density at radius 2 is 1.62 bits per heavy atom. The number of hydrogen-bond donors (Lipinski definition) is 2. The lowest BCUT2D eigenvalue weighted by molar-refractivity contribution is 0.147. The Balaban J connectivity index is 2.40. The highest BCUT2D eigenvalue weighted by atomic mass is 35.5. The Morgan fingerprint density at radius 1 is 1.00 bits per heavy atom. The van der Waals surface area contributed by atoms with Crippen molar-refractivity contribution in [3.8, 4) is 0 Å². The lowest BCUT2D eigenvalue weighted by Gasteiger charge is -2.23. The van der Waals surface area contributed by atoms with E-state index < -0.39 is 29.5 Å². The summed E-state index contributed by atoms with van der Waals surface area (Å²) < 4.78 is 39.6. The van der Waals surface area contributed by atoms with Crippen molar-refractivity contribution in [2.75, 3.05) is 6.54 Å². The van der Waals surface area contributed by atoms with Gasteiger partial charge < -0.3 is 10.8 Å². The van der Waals surface area contributed by atoms with Crippen molar-refractivity contribution in [3.05, 3.63) is 70.0 Å². The quantitative estimate of drug-likeness (QED) is 0.906. The van der Waals surface area contributed by atoms with Crippen LogP contribution in [0.2, 0.25) is 5.02 Å². The van der Waals surface area contributed by atoms with Crippen LogP contribution in [-0.2, 0) is 0 Å². The summed E-state index contributed by atoms with van der Waals surface area (Å²) in [6.07, 6.45) is -1.20. The molecule has 0 aromatic heterocycles. The van der Waals surface area contributed by atoms with Gasteiger partial charge in [0, 0.05) is 23.6 Å². The van der Waals surface area contributed by atoms with E-state index in [4.69, 9.17) is 17.3 Å². The highest BCUT2D eigenvalue weighted by Crippen LogP contribution is 2.34. The normalized spacial score (nSPS) is 14.0. The van der Waals surface area contributed by atoms with E-state index in [1.54, 1.807) is 0 Å². The van der Waals surface area contributed by atoms with Gasteiger partial charge in [-0.1, -0.05) is 17.7 Å². The van der Waals surface area contributed by atoms with Crippen LogP contribution in [0.15, 0.2) is 36.4 Å². The monoisotopic (exact) mass is 315 g/mol. The molecule has 3 N–H and O–H groups in total. The van der Waals surface area contributed by atoms with E-state index >= 15 is 0 Å². The lowest BCUT2D eigenvalue weighted by Crippen LogP contribution is -2.21. The van der Waals surface area contributed by atoms with Gasteiger partial charge in [0.15, 0.2) is 0 Å². The number of benzene rings is 2. The molecular formula is C15H13ClF3NO. The molecule has 0 spiro atoms. The van der Waals surface area contributed by atoms with Crippen molar-refractivity contribution >= 4 is 11.6 Å². The third-order valence-electron chi connectivity index (χ3n) is 3.23. The minimum absolute atomic E-state index is 0.0258. The van der Waals surface area contributed by atoms with Crippen molar-refractivity contribution in [2.24, 2.45) is 5.73 Å². The first-order valence-corrected chi connectivity index (χ1v) is 6.59. The molecule has 0 heterocycles. The van der Waals surface area contributed by atoms with Crippen LogP contribution in [0.5, 0.6) is 0 Å². The smallest absolute Gasteiger partial charge is 0.126 e. The summed E-state index contributed by atoms with van der Waals surface area (Å²) in [6, 6.07) is 6.45. The SMILES string of the molecule is NCC(c1cc(F)cc(F)c1)C(O)c1ccc(F)cc1Cl. The lowest BCUT2D eigenvalue weighted by atomic mass is 9.89. The number of hydrogen-bond acceptors (Lipinski definition) is 2. The van der Waals surface area contributed by atoms with Crippen LogP contribution in [0.25, 0.3) is 0 Å². The summed E-state index contributed by atoms with van der Waals surface area (Å²) in [5.41, 5.74) is 6.06. The molecule has 2 unspecified atom stereocenters. The van der Waals surface area contributed by atoms with Crippen molar-refractivity contribution in [1.29, 1.82) is 0 Å². The van der Waals surface area contributed by atoms with E-state index in [1.165, 1.54) is 6.07 Å². The molecule has 0 saturated heterocycles. The van der Waals surface area contributed by atoms with E-state index in [0.717, 1.165) is 30.3 Å². The zero-order chi connectivity index (χ0) is 15.6. The Kier molecular flexibility index (Phi) is 4.88. The fourth-order valence-corrected chi connectivity index (χ4v) is 2.47. The fraction of sp³-hybridized carbons (Fsp3) is 0.200. The first-order chi connectivity index (χ1) is 9.92. The first-order valence-electron chi connectivity index (χ1n) is 6.21. The molecule has 0 aliphatic rings. The molecule has 0 radical (unpaired) electrons. The van der Waals surface area contributed by atoms with Gasteiger partial charge in [0.25, 0.3) is 0 Å². The molecule has 0 aliphatic carbocycles. The van der Waals surface area contributed by atoms with Crippen LogP contribution in [0, 0.1) is 17.5 Å². The molecule has 2 rings (SSSR count). The average Bonchev–Trinajstić information content (AvgIpc) is 2.38. The topological polar surface area (TPSA) is 46.2 Å². The summed E-state index contributed by atoms with van der Waals surface area (Å²) in [4.78, 5) is 0. The van der Waals surface area contributed by atoms with E-state index in [2.05, 4.69) is 0 Å². The van der Waals surface area contributed by atoms with Crippen molar-refractivity contribution in [2.45, 2.75) is 12.0 Å². The summed E-state index contributed by atoms with van der Waals surface area (Å²) >= 11 is 5.89. The van der Waals surface area contributed by atoms with Gasteiger partial charge in [0.2, 0.25) is 0 Å².